The molecule has 0 radical (unpaired) electrons. The van der Waals surface area contributed by atoms with Gasteiger partial charge in [0.15, 0.2) is 0 Å². The van der Waals surface area contributed by atoms with Crippen LogP contribution in [-0.2, 0) is 6.42 Å². The molecule has 0 aliphatic carbocycles. The Bertz CT molecular complexity index is 320. The predicted octanol–water partition coefficient (Wildman–Crippen LogP) is 1.28. The zero-order valence-corrected chi connectivity index (χ0v) is 11.0. The van der Waals surface area contributed by atoms with Gasteiger partial charge in [-0.25, -0.2) is 0 Å². The molecule has 0 bridgehead atoms. The van der Waals surface area contributed by atoms with Gasteiger partial charge in [0, 0.05) is 17.6 Å². The Morgan fingerprint density at radius 2 is 2.19 bits per heavy atom. The summed E-state index contributed by atoms with van der Waals surface area (Å²) in [6.07, 6.45) is 0.293. The second kappa shape index (κ2) is 7.01. The fraction of sp³-hybridized carbons (Fsp3) is 0.500. The molecule has 2 N–H and O–H groups in total. The van der Waals surface area contributed by atoms with E-state index in [1.165, 1.54) is 5.56 Å². The summed E-state index contributed by atoms with van der Waals surface area (Å²) in [6.45, 7) is 1.19. The minimum Gasteiger partial charge on any atom is -0.394 e. The van der Waals surface area contributed by atoms with Crippen molar-refractivity contribution in [2.24, 2.45) is 0 Å². The molecule has 16 heavy (non-hydrogen) atoms. The van der Waals surface area contributed by atoms with E-state index in [2.05, 4.69) is 28.1 Å². The van der Waals surface area contributed by atoms with Gasteiger partial charge in [0.2, 0.25) is 0 Å². The maximum Gasteiger partial charge on any atom is 0.0897 e. The molecule has 0 aliphatic heterocycles. The van der Waals surface area contributed by atoms with Gasteiger partial charge >= 0.3 is 0 Å². The third-order valence-electron chi connectivity index (χ3n) is 2.40. The van der Waals surface area contributed by atoms with Gasteiger partial charge in [-0.1, -0.05) is 28.1 Å². The zero-order valence-electron chi connectivity index (χ0n) is 9.43. The number of rotatable bonds is 6. The standard InChI is InChI=1S/C12H18BrNO2/c1-14(8-12(16)9-15)6-5-10-3-2-4-11(13)7-10/h2-4,7,12,15-16H,5-6,8-9H2,1H3. The average Bonchev–Trinajstić information content (AvgIpc) is 2.26. The van der Waals surface area contributed by atoms with Gasteiger partial charge in [-0.05, 0) is 31.2 Å². The summed E-state index contributed by atoms with van der Waals surface area (Å²) in [5, 5.41) is 18.0. The molecule has 0 fully saturated rings. The number of aliphatic hydroxyl groups excluding tert-OH is 2. The van der Waals surface area contributed by atoms with Gasteiger partial charge in [-0.2, -0.15) is 0 Å². The highest BCUT2D eigenvalue weighted by molar-refractivity contribution is 9.10. The molecular formula is C12H18BrNO2. The van der Waals surface area contributed by atoms with Crippen molar-refractivity contribution in [1.29, 1.82) is 0 Å². The first-order chi connectivity index (χ1) is 7.61. The molecule has 0 aromatic heterocycles. The normalized spacial score (nSPS) is 13.1. The van der Waals surface area contributed by atoms with E-state index >= 15 is 0 Å². The SMILES string of the molecule is CN(CCc1cccc(Br)c1)CC(O)CO. The Hall–Kier alpha value is -0.420. The Morgan fingerprint density at radius 3 is 2.81 bits per heavy atom. The number of hydrogen-bond acceptors (Lipinski definition) is 3. The third-order valence-corrected chi connectivity index (χ3v) is 2.90. The molecule has 0 aliphatic rings. The summed E-state index contributed by atoms with van der Waals surface area (Å²) < 4.78 is 1.09. The number of aliphatic hydroxyl groups is 2. The van der Waals surface area contributed by atoms with Crippen molar-refractivity contribution < 1.29 is 10.2 Å². The lowest BCUT2D eigenvalue weighted by molar-refractivity contribution is 0.0669. The van der Waals surface area contributed by atoms with E-state index < -0.39 is 6.10 Å². The summed E-state index contributed by atoms with van der Waals surface area (Å²) in [7, 11) is 1.94. The summed E-state index contributed by atoms with van der Waals surface area (Å²) in [4.78, 5) is 2.02. The van der Waals surface area contributed by atoms with Crippen LogP contribution in [0.25, 0.3) is 0 Å². The molecule has 1 unspecified atom stereocenters. The molecule has 0 saturated heterocycles. The zero-order chi connectivity index (χ0) is 12.0. The quantitative estimate of drug-likeness (QED) is 0.828. The van der Waals surface area contributed by atoms with Crippen LogP contribution in [0.4, 0.5) is 0 Å². The highest BCUT2D eigenvalue weighted by Crippen LogP contribution is 2.12. The smallest absolute Gasteiger partial charge is 0.0897 e. The number of halogens is 1. The van der Waals surface area contributed by atoms with Crippen LogP contribution in [0, 0.1) is 0 Å². The molecule has 1 aromatic carbocycles. The largest absolute Gasteiger partial charge is 0.394 e. The molecule has 0 amide bonds. The molecule has 0 heterocycles. The molecule has 1 atom stereocenters. The minimum absolute atomic E-state index is 0.179. The van der Waals surface area contributed by atoms with Crippen molar-refractivity contribution in [3.63, 3.8) is 0 Å². The lowest BCUT2D eigenvalue weighted by atomic mass is 10.1. The summed E-state index contributed by atoms with van der Waals surface area (Å²) >= 11 is 3.43. The number of nitrogens with zero attached hydrogens (tertiary/aromatic N) is 1. The van der Waals surface area contributed by atoms with Crippen molar-refractivity contribution in [2.75, 3.05) is 26.7 Å². The van der Waals surface area contributed by atoms with Crippen molar-refractivity contribution in [2.45, 2.75) is 12.5 Å². The van der Waals surface area contributed by atoms with Crippen LogP contribution in [0.3, 0.4) is 0 Å². The number of benzene rings is 1. The molecule has 90 valence electrons. The van der Waals surface area contributed by atoms with Gasteiger partial charge in [-0.3, -0.25) is 0 Å². The highest BCUT2D eigenvalue weighted by Gasteiger charge is 2.06. The molecule has 4 heteroatoms. The third kappa shape index (κ3) is 5.07. The van der Waals surface area contributed by atoms with Gasteiger partial charge in [0.05, 0.1) is 12.7 Å². The van der Waals surface area contributed by atoms with Crippen LogP contribution in [-0.4, -0.2) is 48.0 Å². The highest BCUT2D eigenvalue weighted by atomic mass is 79.9. The van der Waals surface area contributed by atoms with E-state index in [9.17, 15) is 5.11 Å². The fourth-order valence-electron chi connectivity index (χ4n) is 1.52. The Labute approximate surface area is 105 Å². The molecule has 0 spiro atoms. The molecular weight excluding hydrogens is 270 g/mol. The van der Waals surface area contributed by atoms with Gasteiger partial charge in [0.25, 0.3) is 0 Å². The summed E-state index contributed by atoms with van der Waals surface area (Å²) in [5.41, 5.74) is 1.26. The van der Waals surface area contributed by atoms with E-state index in [0.717, 1.165) is 17.4 Å². The van der Waals surface area contributed by atoms with E-state index in [1.807, 2.05) is 24.1 Å². The van der Waals surface area contributed by atoms with Crippen molar-refractivity contribution in [1.82, 2.24) is 4.90 Å². The van der Waals surface area contributed by atoms with Crippen molar-refractivity contribution in [3.05, 3.63) is 34.3 Å². The summed E-state index contributed by atoms with van der Waals surface area (Å²) in [5.74, 6) is 0. The van der Waals surface area contributed by atoms with Crippen LogP contribution >= 0.6 is 15.9 Å². The second-order valence-corrected chi connectivity index (χ2v) is 4.89. The van der Waals surface area contributed by atoms with E-state index in [1.54, 1.807) is 0 Å². The molecule has 1 rings (SSSR count). The fourth-order valence-corrected chi connectivity index (χ4v) is 1.97. The van der Waals surface area contributed by atoms with Crippen molar-refractivity contribution in [3.8, 4) is 0 Å². The van der Waals surface area contributed by atoms with Crippen molar-refractivity contribution >= 4 is 15.9 Å². The maximum absolute atomic E-state index is 9.27. The van der Waals surface area contributed by atoms with E-state index in [-0.39, 0.29) is 6.61 Å². The first-order valence-corrected chi connectivity index (χ1v) is 6.13. The van der Waals surface area contributed by atoms with Gasteiger partial charge < -0.3 is 15.1 Å². The van der Waals surface area contributed by atoms with Crippen LogP contribution in [0.1, 0.15) is 5.56 Å². The average molecular weight is 288 g/mol. The molecule has 3 nitrogen and oxygen atoms in total. The van der Waals surface area contributed by atoms with Gasteiger partial charge in [-0.15, -0.1) is 0 Å². The Balaban J connectivity index is 2.34. The topological polar surface area (TPSA) is 43.7 Å². The van der Waals surface area contributed by atoms with Crippen LogP contribution in [0.5, 0.6) is 0 Å². The van der Waals surface area contributed by atoms with E-state index in [0.29, 0.717) is 6.54 Å². The number of hydrogen-bond donors (Lipinski definition) is 2. The van der Waals surface area contributed by atoms with E-state index in [4.69, 9.17) is 5.11 Å². The minimum atomic E-state index is -0.646. The van der Waals surface area contributed by atoms with Crippen LogP contribution in [0.2, 0.25) is 0 Å². The second-order valence-electron chi connectivity index (χ2n) is 3.98. The maximum atomic E-state index is 9.27. The predicted molar refractivity (Wildman–Crippen MR) is 68.4 cm³/mol. The lowest BCUT2D eigenvalue weighted by Gasteiger charge is -2.19. The first kappa shape index (κ1) is 13.6. The number of likely N-dealkylation sites (N-methyl/N-ethyl adjacent to an activating group) is 1. The Morgan fingerprint density at radius 1 is 1.44 bits per heavy atom. The summed E-state index contributed by atoms with van der Waals surface area (Å²) in [6, 6.07) is 8.20. The Kier molecular flexibility index (Phi) is 5.98. The first-order valence-electron chi connectivity index (χ1n) is 5.33. The molecule has 0 saturated carbocycles. The lowest BCUT2D eigenvalue weighted by Crippen LogP contribution is -2.32. The van der Waals surface area contributed by atoms with Crippen LogP contribution in [0.15, 0.2) is 28.7 Å². The van der Waals surface area contributed by atoms with Crippen LogP contribution < -0.4 is 0 Å². The van der Waals surface area contributed by atoms with Gasteiger partial charge in [0.1, 0.15) is 0 Å². The molecule has 1 aromatic rings. The monoisotopic (exact) mass is 287 g/mol.